The Kier molecular flexibility index (Phi) is 2.23. The molecule has 0 radical (unpaired) electrons. The average molecular weight is 180 g/mol. The first kappa shape index (κ1) is 7.95. The fourth-order valence-corrected chi connectivity index (χ4v) is 1.94. The van der Waals surface area contributed by atoms with Gasteiger partial charge in [0.05, 0.1) is 0 Å². The van der Waals surface area contributed by atoms with Gasteiger partial charge in [-0.25, -0.2) is 0 Å². The van der Waals surface area contributed by atoms with Crippen LogP contribution in [0.1, 0.15) is 24.4 Å². The Hall–Kier alpha value is -0.670. The fraction of sp³-hybridized carbons (Fsp3) is 0.444. The first-order chi connectivity index (χ1) is 5.88. The van der Waals surface area contributed by atoms with Gasteiger partial charge in [0, 0.05) is 17.8 Å². The van der Waals surface area contributed by atoms with Crippen LogP contribution < -0.4 is 5.32 Å². The zero-order valence-corrected chi connectivity index (χ0v) is 7.66. The average Bonchev–Trinajstić information content (AvgIpc) is 2.57. The lowest BCUT2D eigenvalue weighted by molar-refractivity contribution is 0.643. The van der Waals surface area contributed by atoms with Gasteiger partial charge in [-0.15, -0.1) is 0 Å². The normalized spacial score (nSPS) is 22.8. The second kappa shape index (κ2) is 3.37. The first-order valence-electron chi connectivity index (χ1n) is 4.29. The lowest BCUT2D eigenvalue weighted by Gasteiger charge is -2.09. The fourth-order valence-electron chi connectivity index (χ4n) is 1.66. The van der Waals surface area contributed by atoms with Crippen molar-refractivity contribution in [1.82, 2.24) is 10.3 Å². The van der Waals surface area contributed by atoms with Gasteiger partial charge in [0.2, 0.25) is 0 Å². The molecule has 2 heterocycles. The van der Waals surface area contributed by atoms with E-state index >= 15 is 0 Å². The Balaban J connectivity index is 2.32. The summed E-state index contributed by atoms with van der Waals surface area (Å²) in [6.45, 7) is 1.12. The van der Waals surface area contributed by atoms with Crippen LogP contribution in [-0.4, -0.2) is 11.5 Å². The van der Waals surface area contributed by atoms with E-state index in [4.69, 9.17) is 12.2 Å². The molecule has 2 nitrogen and oxygen atoms in total. The van der Waals surface area contributed by atoms with Gasteiger partial charge >= 0.3 is 0 Å². The smallest absolute Gasteiger partial charge is 0.108 e. The van der Waals surface area contributed by atoms with Gasteiger partial charge in [-0.3, -0.25) is 0 Å². The number of hydrogen-bond donors (Lipinski definition) is 2. The number of hydrogen-bond acceptors (Lipinski definition) is 2. The zero-order chi connectivity index (χ0) is 8.39. The van der Waals surface area contributed by atoms with Crippen LogP contribution in [0.15, 0.2) is 18.3 Å². The maximum Gasteiger partial charge on any atom is 0.108 e. The predicted molar refractivity (Wildman–Crippen MR) is 51.6 cm³/mol. The summed E-state index contributed by atoms with van der Waals surface area (Å²) in [7, 11) is 0. The summed E-state index contributed by atoms with van der Waals surface area (Å²) >= 11 is 5.19. The molecule has 2 rings (SSSR count). The Morgan fingerprint density at radius 2 is 2.42 bits per heavy atom. The Morgan fingerprint density at radius 1 is 1.50 bits per heavy atom. The molecule has 1 atom stereocenters. The highest BCUT2D eigenvalue weighted by molar-refractivity contribution is 7.71. The van der Waals surface area contributed by atoms with Crippen molar-refractivity contribution in [2.75, 3.05) is 6.54 Å². The summed E-state index contributed by atoms with van der Waals surface area (Å²) < 4.78 is 0.872. The van der Waals surface area contributed by atoms with E-state index in [2.05, 4.69) is 16.4 Å². The number of aromatic amines is 1. The summed E-state index contributed by atoms with van der Waals surface area (Å²) in [6, 6.07) is 4.59. The maximum atomic E-state index is 5.19. The standard InChI is InChI=1S/C9H12N2S/c12-9-7(3-1-6-11-9)8-4-2-5-10-8/h1,3,6,8,10H,2,4-5H2,(H,11,12). The van der Waals surface area contributed by atoms with Crippen molar-refractivity contribution >= 4 is 12.2 Å². The van der Waals surface area contributed by atoms with Crippen molar-refractivity contribution in [3.8, 4) is 0 Å². The van der Waals surface area contributed by atoms with Crippen LogP contribution in [0.5, 0.6) is 0 Å². The lowest BCUT2D eigenvalue weighted by Crippen LogP contribution is -2.13. The molecule has 1 aliphatic heterocycles. The highest BCUT2D eigenvalue weighted by Gasteiger charge is 2.16. The molecule has 0 bridgehead atoms. The molecule has 1 aliphatic rings. The van der Waals surface area contributed by atoms with Crippen LogP contribution in [0.25, 0.3) is 0 Å². The van der Waals surface area contributed by atoms with Gasteiger partial charge in [-0.1, -0.05) is 18.3 Å². The molecular formula is C9H12N2S. The monoisotopic (exact) mass is 180 g/mol. The van der Waals surface area contributed by atoms with E-state index in [9.17, 15) is 0 Å². The van der Waals surface area contributed by atoms with E-state index in [0.29, 0.717) is 6.04 Å². The molecule has 0 aromatic carbocycles. The summed E-state index contributed by atoms with van der Waals surface area (Å²) in [5, 5.41) is 3.43. The van der Waals surface area contributed by atoms with Gasteiger partial charge in [-0.05, 0) is 25.5 Å². The van der Waals surface area contributed by atoms with Gasteiger partial charge in [-0.2, -0.15) is 0 Å². The molecule has 12 heavy (non-hydrogen) atoms. The van der Waals surface area contributed by atoms with Crippen molar-refractivity contribution < 1.29 is 0 Å². The third kappa shape index (κ3) is 1.42. The molecular weight excluding hydrogens is 168 g/mol. The number of rotatable bonds is 1. The zero-order valence-electron chi connectivity index (χ0n) is 6.84. The molecule has 0 saturated carbocycles. The van der Waals surface area contributed by atoms with Crippen molar-refractivity contribution in [1.29, 1.82) is 0 Å². The number of aromatic nitrogens is 1. The minimum Gasteiger partial charge on any atom is -0.353 e. The summed E-state index contributed by atoms with van der Waals surface area (Å²) in [6.07, 6.45) is 4.34. The number of H-pyrrole nitrogens is 1. The van der Waals surface area contributed by atoms with Crippen molar-refractivity contribution in [3.05, 3.63) is 28.5 Å². The summed E-state index contributed by atoms with van der Waals surface area (Å²) in [5.41, 5.74) is 1.24. The molecule has 1 unspecified atom stereocenters. The van der Waals surface area contributed by atoms with E-state index in [1.54, 1.807) is 0 Å². The molecule has 0 spiro atoms. The van der Waals surface area contributed by atoms with Crippen LogP contribution in [0.2, 0.25) is 0 Å². The highest BCUT2D eigenvalue weighted by Crippen LogP contribution is 2.22. The van der Waals surface area contributed by atoms with Crippen LogP contribution in [-0.2, 0) is 0 Å². The van der Waals surface area contributed by atoms with E-state index < -0.39 is 0 Å². The van der Waals surface area contributed by atoms with E-state index in [1.807, 2.05) is 12.3 Å². The van der Waals surface area contributed by atoms with Crippen LogP contribution in [0.4, 0.5) is 0 Å². The largest absolute Gasteiger partial charge is 0.353 e. The van der Waals surface area contributed by atoms with Crippen molar-refractivity contribution in [2.24, 2.45) is 0 Å². The van der Waals surface area contributed by atoms with Gasteiger partial charge in [0.25, 0.3) is 0 Å². The number of pyridine rings is 1. The highest BCUT2D eigenvalue weighted by atomic mass is 32.1. The van der Waals surface area contributed by atoms with Gasteiger partial charge in [0.15, 0.2) is 0 Å². The molecule has 3 heteroatoms. The Morgan fingerprint density at radius 3 is 3.08 bits per heavy atom. The lowest BCUT2D eigenvalue weighted by atomic mass is 10.1. The van der Waals surface area contributed by atoms with Crippen LogP contribution in [0.3, 0.4) is 0 Å². The molecule has 64 valence electrons. The maximum absolute atomic E-state index is 5.19. The molecule has 1 fully saturated rings. The third-order valence-corrected chi connectivity index (χ3v) is 2.64. The quantitative estimate of drug-likeness (QED) is 0.648. The molecule has 0 aliphatic carbocycles. The van der Waals surface area contributed by atoms with Crippen LogP contribution >= 0.6 is 12.2 Å². The molecule has 1 aromatic rings. The number of nitrogens with one attached hydrogen (secondary N) is 2. The second-order valence-corrected chi connectivity index (χ2v) is 3.51. The topological polar surface area (TPSA) is 27.8 Å². The molecule has 0 amide bonds. The molecule has 1 aromatic heterocycles. The SMILES string of the molecule is S=c1[nH]cccc1C1CCCN1. The van der Waals surface area contributed by atoms with E-state index in [-0.39, 0.29) is 0 Å². The van der Waals surface area contributed by atoms with Crippen molar-refractivity contribution in [3.63, 3.8) is 0 Å². The van der Waals surface area contributed by atoms with Crippen LogP contribution in [0, 0.1) is 4.64 Å². The summed E-state index contributed by atoms with van der Waals surface area (Å²) in [4.78, 5) is 3.05. The minimum atomic E-state index is 0.481. The molecule has 1 saturated heterocycles. The minimum absolute atomic E-state index is 0.481. The van der Waals surface area contributed by atoms with E-state index in [1.165, 1.54) is 18.4 Å². The summed E-state index contributed by atoms with van der Waals surface area (Å²) in [5.74, 6) is 0. The second-order valence-electron chi connectivity index (χ2n) is 3.10. The van der Waals surface area contributed by atoms with Gasteiger partial charge in [0.1, 0.15) is 4.64 Å². The molecule has 2 N–H and O–H groups in total. The van der Waals surface area contributed by atoms with Gasteiger partial charge < -0.3 is 10.3 Å². The predicted octanol–water partition coefficient (Wildman–Crippen LogP) is 2.17. The first-order valence-corrected chi connectivity index (χ1v) is 4.70. The third-order valence-electron chi connectivity index (χ3n) is 2.28. The van der Waals surface area contributed by atoms with Crippen molar-refractivity contribution in [2.45, 2.75) is 18.9 Å². The van der Waals surface area contributed by atoms with E-state index in [0.717, 1.165) is 11.2 Å². The Bertz CT molecular complexity index is 312. The Labute approximate surface area is 77.0 Å².